The second-order valence-electron chi connectivity index (χ2n) is 6.25. The largest absolute Gasteiger partial charge is 0.280 e. The molecular weight excluding hydrogens is 412 g/mol. The van der Waals surface area contributed by atoms with Crippen molar-refractivity contribution in [2.75, 3.05) is 14.8 Å². The molecule has 1 heterocycles. The summed E-state index contributed by atoms with van der Waals surface area (Å²) in [5.74, 6) is -0.772. The topological polar surface area (TPSA) is 101 Å². The maximum absolute atomic E-state index is 12.8. The Morgan fingerprint density at radius 3 is 2.11 bits per heavy atom. The second-order valence-corrected chi connectivity index (χ2v) is 10.2. The van der Waals surface area contributed by atoms with Crippen LogP contribution < -0.4 is 9.03 Å². The number of amides is 1. The van der Waals surface area contributed by atoms with E-state index in [1.807, 2.05) is 0 Å². The van der Waals surface area contributed by atoms with Crippen molar-refractivity contribution in [3.63, 3.8) is 0 Å². The lowest BCUT2D eigenvalue weighted by molar-refractivity contribution is -0.116. The normalized spacial score (nSPS) is 16.6. The minimum atomic E-state index is -3.92. The minimum Gasteiger partial charge on any atom is -0.280 e. The van der Waals surface area contributed by atoms with Crippen molar-refractivity contribution in [3.8, 4) is 0 Å². The van der Waals surface area contributed by atoms with Crippen LogP contribution in [-0.4, -0.2) is 28.5 Å². The molecule has 0 saturated carbocycles. The van der Waals surface area contributed by atoms with E-state index >= 15 is 0 Å². The third-order valence-electron chi connectivity index (χ3n) is 4.12. The van der Waals surface area contributed by atoms with Gasteiger partial charge in [0.15, 0.2) is 0 Å². The van der Waals surface area contributed by atoms with E-state index in [9.17, 15) is 21.6 Å². The molecule has 0 atom stereocenters. The molecule has 3 rings (SSSR count). The fourth-order valence-electron chi connectivity index (χ4n) is 3.06. The predicted octanol–water partition coefficient (Wildman–Crippen LogP) is 2.82. The average Bonchev–Trinajstić information content (AvgIpc) is 2.81. The Balaban J connectivity index is 2.02. The number of carbonyl (C=O) groups is 1. The molecule has 1 saturated heterocycles. The van der Waals surface area contributed by atoms with Gasteiger partial charge in [-0.15, -0.1) is 0 Å². The van der Waals surface area contributed by atoms with Gasteiger partial charge in [-0.1, -0.05) is 11.6 Å². The molecule has 1 aliphatic heterocycles. The Morgan fingerprint density at radius 1 is 1.07 bits per heavy atom. The van der Waals surface area contributed by atoms with E-state index in [1.165, 1.54) is 24.3 Å². The van der Waals surface area contributed by atoms with Crippen molar-refractivity contribution in [2.45, 2.75) is 25.2 Å². The van der Waals surface area contributed by atoms with Crippen LogP contribution in [0.5, 0.6) is 0 Å². The molecule has 0 unspecified atom stereocenters. The van der Waals surface area contributed by atoms with Crippen molar-refractivity contribution in [2.24, 2.45) is 0 Å². The van der Waals surface area contributed by atoms with Gasteiger partial charge in [0.2, 0.25) is 15.9 Å². The number of carbonyl (C=O) groups excluding carboxylic acids is 1. The molecule has 0 aliphatic carbocycles. The van der Waals surface area contributed by atoms with Crippen molar-refractivity contribution in [3.05, 3.63) is 52.5 Å². The van der Waals surface area contributed by atoms with Gasteiger partial charge in [0.05, 0.1) is 16.3 Å². The lowest BCUT2D eigenvalue weighted by atomic mass is 10.1. The number of hydrogen-bond acceptors (Lipinski definition) is 5. The van der Waals surface area contributed by atoms with Crippen LogP contribution in [0.15, 0.2) is 41.3 Å². The van der Waals surface area contributed by atoms with Crippen LogP contribution in [0, 0.1) is 13.8 Å². The highest BCUT2D eigenvalue weighted by atomic mass is 35.5. The molecule has 27 heavy (non-hydrogen) atoms. The Hall–Kier alpha value is -2.10. The zero-order valence-electron chi connectivity index (χ0n) is 14.6. The summed E-state index contributed by atoms with van der Waals surface area (Å²) in [4.78, 5) is 12.0. The van der Waals surface area contributed by atoms with E-state index in [2.05, 4.69) is 4.72 Å². The smallest absolute Gasteiger partial charge is 0.262 e. The summed E-state index contributed by atoms with van der Waals surface area (Å²) in [6.07, 6.45) is -0.0847. The van der Waals surface area contributed by atoms with Crippen LogP contribution in [0.1, 0.15) is 17.5 Å². The van der Waals surface area contributed by atoms with Crippen LogP contribution in [0.4, 0.5) is 11.4 Å². The van der Waals surface area contributed by atoms with Crippen LogP contribution in [0.3, 0.4) is 0 Å². The van der Waals surface area contributed by atoms with Crippen molar-refractivity contribution >= 4 is 48.9 Å². The summed E-state index contributed by atoms with van der Waals surface area (Å²) < 4.78 is 53.1. The molecule has 1 aliphatic rings. The highest BCUT2D eigenvalue weighted by molar-refractivity contribution is 7.94. The van der Waals surface area contributed by atoms with Gasteiger partial charge >= 0.3 is 0 Å². The summed E-state index contributed by atoms with van der Waals surface area (Å²) in [5, 5.41) is 0.478. The molecule has 0 spiro atoms. The number of nitrogens with one attached hydrogen (secondary N) is 1. The SMILES string of the molecule is Cc1cc(N2C(=O)CCS2(=O)=O)cc(C)c1S(=O)(=O)Nc1ccc(Cl)cc1. The molecule has 10 heteroatoms. The number of rotatable bonds is 4. The zero-order valence-corrected chi connectivity index (χ0v) is 17.0. The van der Waals surface area contributed by atoms with Gasteiger partial charge in [-0.3, -0.25) is 9.52 Å². The first-order valence-electron chi connectivity index (χ1n) is 7.97. The highest BCUT2D eigenvalue weighted by Crippen LogP contribution is 2.32. The lowest BCUT2D eigenvalue weighted by Gasteiger charge is -2.19. The summed E-state index contributed by atoms with van der Waals surface area (Å²) in [7, 11) is -7.63. The van der Waals surface area contributed by atoms with Gasteiger partial charge in [0, 0.05) is 17.1 Å². The predicted molar refractivity (Wildman–Crippen MR) is 104 cm³/mol. The number of halogens is 1. The third kappa shape index (κ3) is 3.80. The Labute approximate surface area is 163 Å². The number of nitrogens with zero attached hydrogens (tertiary/aromatic N) is 1. The molecule has 0 aromatic heterocycles. The Bertz CT molecular complexity index is 1100. The maximum atomic E-state index is 12.8. The van der Waals surface area contributed by atoms with E-state index in [1.54, 1.807) is 26.0 Å². The quantitative estimate of drug-likeness (QED) is 0.806. The van der Waals surface area contributed by atoms with Gasteiger partial charge < -0.3 is 0 Å². The van der Waals surface area contributed by atoms with Crippen LogP contribution in [0.2, 0.25) is 5.02 Å². The van der Waals surface area contributed by atoms with Gasteiger partial charge in [-0.25, -0.2) is 21.1 Å². The number of hydrogen-bond donors (Lipinski definition) is 1. The summed E-state index contributed by atoms with van der Waals surface area (Å²) >= 11 is 5.81. The third-order valence-corrected chi connectivity index (χ3v) is 7.75. The number of anilines is 2. The first kappa shape index (κ1) is 19.7. The first-order valence-corrected chi connectivity index (χ1v) is 11.4. The van der Waals surface area contributed by atoms with Crippen LogP contribution in [-0.2, 0) is 24.8 Å². The van der Waals surface area contributed by atoms with Crippen molar-refractivity contribution < 1.29 is 21.6 Å². The van der Waals surface area contributed by atoms with E-state index in [4.69, 9.17) is 11.6 Å². The molecule has 1 fully saturated rings. The Kier molecular flexibility index (Phi) is 4.96. The number of aryl methyl sites for hydroxylation is 2. The molecule has 0 bridgehead atoms. The van der Waals surface area contributed by atoms with Crippen molar-refractivity contribution in [1.82, 2.24) is 0 Å². The molecule has 1 amide bonds. The number of sulfonamides is 2. The standard InChI is InChI=1S/C17H17ClN2O5S2/c1-11-9-15(20-16(21)7-8-26(20,22)23)10-12(2)17(11)27(24,25)19-14-5-3-13(18)4-6-14/h3-6,9-10,19H,7-8H2,1-2H3. The summed E-state index contributed by atoms with van der Waals surface area (Å²) in [6, 6.07) is 8.98. The van der Waals surface area contributed by atoms with E-state index < -0.39 is 26.0 Å². The monoisotopic (exact) mass is 428 g/mol. The fraction of sp³-hybridized carbons (Fsp3) is 0.235. The van der Waals surface area contributed by atoms with Gasteiger partial charge in [-0.05, 0) is 61.4 Å². The van der Waals surface area contributed by atoms with E-state index in [0.717, 1.165) is 4.31 Å². The zero-order chi connectivity index (χ0) is 20.0. The van der Waals surface area contributed by atoms with Gasteiger partial charge in [-0.2, -0.15) is 0 Å². The van der Waals surface area contributed by atoms with Crippen LogP contribution >= 0.6 is 11.6 Å². The molecule has 0 radical (unpaired) electrons. The molecule has 144 valence electrons. The van der Waals surface area contributed by atoms with Gasteiger partial charge in [0.25, 0.3) is 10.0 Å². The average molecular weight is 429 g/mol. The fourth-order valence-corrected chi connectivity index (χ4v) is 6.14. The summed E-state index contributed by atoms with van der Waals surface area (Å²) in [6.45, 7) is 3.11. The molecule has 7 nitrogen and oxygen atoms in total. The van der Waals surface area contributed by atoms with E-state index in [0.29, 0.717) is 21.8 Å². The number of benzene rings is 2. The minimum absolute atomic E-state index is 0.0326. The molecular formula is C17H17ClN2O5S2. The lowest BCUT2D eigenvalue weighted by Crippen LogP contribution is -2.29. The first-order chi connectivity index (χ1) is 12.5. The summed E-state index contributed by atoms with van der Waals surface area (Å²) in [5.41, 5.74) is 1.17. The highest BCUT2D eigenvalue weighted by Gasteiger charge is 2.37. The molecule has 1 N–H and O–H groups in total. The Morgan fingerprint density at radius 2 is 1.63 bits per heavy atom. The van der Waals surface area contributed by atoms with Gasteiger partial charge in [0.1, 0.15) is 0 Å². The van der Waals surface area contributed by atoms with Crippen LogP contribution in [0.25, 0.3) is 0 Å². The maximum Gasteiger partial charge on any atom is 0.262 e. The van der Waals surface area contributed by atoms with Crippen molar-refractivity contribution in [1.29, 1.82) is 0 Å². The molecule has 2 aromatic carbocycles. The van der Waals surface area contributed by atoms with E-state index in [-0.39, 0.29) is 22.8 Å². The molecule has 2 aromatic rings. The second kappa shape index (κ2) is 6.81.